The van der Waals surface area contributed by atoms with Crippen molar-refractivity contribution in [3.05, 3.63) is 42.5 Å². The number of aromatic nitrogens is 2. The second-order valence-electron chi connectivity index (χ2n) is 3.37. The van der Waals surface area contributed by atoms with Gasteiger partial charge in [-0.2, -0.15) is 0 Å². The molecule has 0 spiro atoms. The molecule has 0 aliphatic rings. The van der Waals surface area contributed by atoms with Crippen molar-refractivity contribution in [1.29, 1.82) is 0 Å². The molecule has 5 heteroatoms. The summed E-state index contributed by atoms with van der Waals surface area (Å²) in [5.74, 6) is 0.124. The minimum Gasteiger partial charge on any atom is -0.508 e. The number of phenolic OH excluding ortho intramolecular Hbond substituents is 1. The van der Waals surface area contributed by atoms with Crippen molar-refractivity contribution in [3.8, 4) is 5.75 Å². The van der Waals surface area contributed by atoms with Gasteiger partial charge >= 0.3 is 0 Å². The van der Waals surface area contributed by atoms with E-state index in [1.54, 1.807) is 36.1 Å². The highest BCUT2D eigenvalue weighted by atomic mass is 16.3. The lowest BCUT2D eigenvalue weighted by molar-refractivity contribution is 0.101. The van der Waals surface area contributed by atoms with E-state index >= 15 is 0 Å². The van der Waals surface area contributed by atoms with Gasteiger partial charge in [-0.05, 0) is 12.1 Å². The largest absolute Gasteiger partial charge is 0.508 e. The van der Waals surface area contributed by atoms with Gasteiger partial charge < -0.3 is 15.0 Å². The van der Waals surface area contributed by atoms with E-state index in [4.69, 9.17) is 0 Å². The lowest BCUT2D eigenvalue weighted by atomic mass is 10.3. The SMILES string of the molecule is Cn1ccnc1C(=O)Nc1cccc(O)c1. The average Bonchev–Trinajstić information content (AvgIpc) is 2.64. The fourth-order valence-corrected chi connectivity index (χ4v) is 1.36. The number of aryl methyl sites for hydroxylation is 1. The summed E-state index contributed by atoms with van der Waals surface area (Å²) in [4.78, 5) is 15.7. The molecular weight excluding hydrogens is 206 g/mol. The second-order valence-corrected chi connectivity index (χ2v) is 3.37. The van der Waals surface area contributed by atoms with Crippen LogP contribution in [0, 0.1) is 0 Å². The molecule has 2 N–H and O–H groups in total. The molecule has 0 aliphatic heterocycles. The van der Waals surface area contributed by atoms with Crippen LogP contribution in [0.1, 0.15) is 10.6 Å². The van der Waals surface area contributed by atoms with Crippen molar-refractivity contribution in [3.63, 3.8) is 0 Å². The summed E-state index contributed by atoms with van der Waals surface area (Å²) in [5.41, 5.74) is 0.535. The Kier molecular flexibility index (Phi) is 2.59. The van der Waals surface area contributed by atoms with Crippen LogP contribution in [0.4, 0.5) is 5.69 Å². The minimum atomic E-state index is -0.307. The number of benzene rings is 1. The molecule has 1 amide bonds. The van der Waals surface area contributed by atoms with Crippen LogP contribution in [-0.2, 0) is 7.05 Å². The van der Waals surface area contributed by atoms with E-state index < -0.39 is 0 Å². The summed E-state index contributed by atoms with van der Waals surface area (Å²) in [7, 11) is 1.74. The maximum atomic E-state index is 11.7. The normalized spacial score (nSPS) is 10.1. The third kappa shape index (κ3) is 2.03. The zero-order chi connectivity index (χ0) is 11.5. The topological polar surface area (TPSA) is 67.2 Å². The molecule has 0 fully saturated rings. The summed E-state index contributed by atoms with van der Waals surface area (Å²) in [5, 5.41) is 11.9. The molecule has 2 rings (SSSR count). The number of hydrogen-bond donors (Lipinski definition) is 2. The quantitative estimate of drug-likeness (QED) is 0.798. The monoisotopic (exact) mass is 217 g/mol. The Labute approximate surface area is 92.4 Å². The molecule has 5 nitrogen and oxygen atoms in total. The second kappa shape index (κ2) is 4.06. The van der Waals surface area contributed by atoms with Gasteiger partial charge in [-0.1, -0.05) is 6.07 Å². The molecule has 0 saturated heterocycles. The van der Waals surface area contributed by atoms with E-state index in [2.05, 4.69) is 10.3 Å². The number of imidazole rings is 1. The van der Waals surface area contributed by atoms with Crippen LogP contribution in [0.25, 0.3) is 0 Å². The highest BCUT2D eigenvalue weighted by Crippen LogP contribution is 2.15. The van der Waals surface area contributed by atoms with Gasteiger partial charge in [0.05, 0.1) is 0 Å². The number of hydrogen-bond acceptors (Lipinski definition) is 3. The van der Waals surface area contributed by atoms with Gasteiger partial charge in [0.25, 0.3) is 5.91 Å². The number of aromatic hydroxyl groups is 1. The maximum Gasteiger partial charge on any atom is 0.291 e. The van der Waals surface area contributed by atoms with E-state index in [1.807, 2.05) is 0 Å². The van der Waals surface area contributed by atoms with Gasteiger partial charge in [0.15, 0.2) is 5.82 Å². The van der Waals surface area contributed by atoms with Crippen LogP contribution < -0.4 is 5.32 Å². The number of anilines is 1. The van der Waals surface area contributed by atoms with Gasteiger partial charge in [-0.15, -0.1) is 0 Å². The minimum absolute atomic E-state index is 0.109. The molecule has 82 valence electrons. The molecule has 0 aliphatic carbocycles. The van der Waals surface area contributed by atoms with E-state index in [1.165, 1.54) is 12.1 Å². The first kappa shape index (κ1) is 10.2. The van der Waals surface area contributed by atoms with Crippen molar-refractivity contribution in [1.82, 2.24) is 9.55 Å². The van der Waals surface area contributed by atoms with Crippen LogP contribution in [0.5, 0.6) is 5.75 Å². The van der Waals surface area contributed by atoms with E-state index in [9.17, 15) is 9.90 Å². The molecule has 0 radical (unpaired) electrons. The molecule has 2 aromatic rings. The van der Waals surface area contributed by atoms with Gasteiger partial charge in [0.1, 0.15) is 5.75 Å². The highest BCUT2D eigenvalue weighted by molar-refractivity contribution is 6.01. The zero-order valence-corrected chi connectivity index (χ0v) is 8.71. The van der Waals surface area contributed by atoms with Crippen LogP contribution >= 0.6 is 0 Å². The van der Waals surface area contributed by atoms with Gasteiger partial charge in [0, 0.05) is 31.2 Å². The van der Waals surface area contributed by atoms with Crippen molar-refractivity contribution < 1.29 is 9.90 Å². The number of phenols is 1. The molecule has 1 aromatic heterocycles. The number of carbonyl (C=O) groups excluding carboxylic acids is 1. The van der Waals surface area contributed by atoms with Crippen molar-refractivity contribution in [2.75, 3.05) is 5.32 Å². The summed E-state index contributed by atoms with van der Waals surface area (Å²) < 4.78 is 1.62. The third-order valence-corrected chi connectivity index (χ3v) is 2.13. The summed E-state index contributed by atoms with van der Waals surface area (Å²) in [6.45, 7) is 0. The Hall–Kier alpha value is -2.30. The first-order valence-electron chi connectivity index (χ1n) is 4.74. The molecule has 0 saturated carbocycles. The molecule has 0 atom stereocenters. The fraction of sp³-hybridized carbons (Fsp3) is 0.0909. The summed E-state index contributed by atoms with van der Waals surface area (Å²) >= 11 is 0. The first-order chi connectivity index (χ1) is 7.66. The number of carbonyl (C=O) groups is 1. The van der Waals surface area contributed by atoms with Crippen LogP contribution in [-0.4, -0.2) is 20.6 Å². The van der Waals surface area contributed by atoms with Gasteiger partial charge in [0.2, 0.25) is 0 Å². The van der Waals surface area contributed by atoms with Crippen molar-refractivity contribution >= 4 is 11.6 Å². The Morgan fingerprint density at radius 3 is 2.94 bits per heavy atom. The molecule has 1 heterocycles. The van der Waals surface area contributed by atoms with Crippen LogP contribution in [0.2, 0.25) is 0 Å². The third-order valence-electron chi connectivity index (χ3n) is 2.13. The standard InChI is InChI=1S/C11H11N3O2/c1-14-6-5-12-10(14)11(16)13-8-3-2-4-9(15)7-8/h2-7,15H,1H3,(H,13,16). The van der Waals surface area contributed by atoms with Crippen molar-refractivity contribution in [2.45, 2.75) is 0 Å². The number of nitrogens with one attached hydrogen (secondary N) is 1. The van der Waals surface area contributed by atoms with E-state index in [0.717, 1.165) is 0 Å². The van der Waals surface area contributed by atoms with Crippen LogP contribution in [0.15, 0.2) is 36.7 Å². The molecule has 16 heavy (non-hydrogen) atoms. The Bertz CT molecular complexity index is 519. The summed E-state index contributed by atoms with van der Waals surface area (Å²) in [6.07, 6.45) is 3.24. The number of amides is 1. The van der Waals surface area contributed by atoms with Crippen molar-refractivity contribution in [2.24, 2.45) is 7.05 Å². The molecule has 1 aromatic carbocycles. The predicted octanol–water partition coefficient (Wildman–Crippen LogP) is 1.38. The smallest absolute Gasteiger partial charge is 0.291 e. The van der Waals surface area contributed by atoms with Crippen LogP contribution in [0.3, 0.4) is 0 Å². The maximum absolute atomic E-state index is 11.7. The van der Waals surface area contributed by atoms with E-state index in [-0.39, 0.29) is 11.7 Å². The first-order valence-corrected chi connectivity index (χ1v) is 4.74. The molecule has 0 unspecified atom stereocenters. The number of rotatable bonds is 2. The lowest BCUT2D eigenvalue weighted by Crippen LogP contribution is -2.16. The van der Waals surface area contributed by atoms with Gasteiger partial charge in [-0.25, -0.2) is 4.98 Å². The Balaban J connectivity index is 2.17. The molecular formula is C11H11N3O2. The Morgan fingerprint density at radius 1 is 1.50 bits per heavy atom. The summed E-state index contributed by atoms with van der Waals surface area (Å²) in [6, 6.07) is 6.36. The predicted molar refractivity (Wildman–Crippen MR) is 59.3 cm³/mol. The fourth-order valence-electron chi connectivity index (χ4n) is 1.36. The van der Waals surface area contributed by atoms with E-state index in [0.29, 0.717) is 11.5 Å². The Morgan fingerprint density at radius 2 is 2.31 bits per heavy atom. The highest BCUT2D eigenvalue weighted by Gasteiger charge is 2.10. The zero-order valence-electron chi connectivity index (χ0n) is 8.71. The lowest BCUT2D eigenvalue weighted by Gasteiger charge is -2.05. The van der Waals surface area contributed by atoms with Gasteiger partial charge in [-0.3, -0.25) is 4.79 Å². The number of nitrogens with zero attached hydrogens (tertiary/aromatic N) is 2. The molecule has 0 bridgehead atoms. The average molecular weight is 217 g/mol.